The molecule has 0 aromatic heterocycles. The molecule has 0 heterocycles. The van der Waals surface area contributed by atoms with E-state index in [1.165, 1.54) is 6.26 Å². The highest BCUT2D eigenvalue weighted by Gasteiger charge is 2.04. The Morgan fingerprint density at radius 3 is 2.55 bits per heavy atom. The number of rotatable bonds is 7. The Labute approximate surface area is 69.2 Å². The molecule has 0 rings (SSSR count). The minimum atomic E-state index is -0.0857. The zero-order valence-corrected chi connectivity index (χ0v) is 7.51. The van der Waals surface area contributed by atoms with E-state index < -0.39 is 0 Å². The van der Waals surface area contributed by atoms with E-state index in [0.717, 1.165) is 25.9 Å². The van der Waals surface area contributed by atoms with Gasteiger partial charge in [0.05, 0.1) is 12.9 Å². The molecule has 0 aliphatic carbocycles. The van der Waals surface area contributed by atoms with Crippen LogP contribution in [0.3, 0.4) is 0 Å². The van der Waals surface area contributed by atoms with Crippen LogP contribution in [0.2, 0.25) is 0 Å². The van der Waals surface area contributed by atoms with Crippen LogP contribution in [-0.4, -0.2) is 12.9 Å². The fraction of sp³-hybridized carbons (Fsp3) is 0.778. The lowest BCUT2D eigenvalue weighted by molar-refractivity contribution is -0.110. The molecule has 0 spiro atoms. The van der Waals surface area contributed by atoms with Gasteiger partial charge in [-0.2, -0.15) is 0 Å². The van der Waals surface area contributed by atoms with Gasteiger partial charge in [-0.3, -0.25) is 0 Å². The topological polar surface area (TPSA) is 18.5 Å². The molecule has 66 valence electrons. The standard InChI is InChI=1S/C9H18O2/c1-4-7-9(10-6-3)11-8-5-2/h6,9H,3-5,7-8H2,1-2H3. The van der Waals surface area contributed by atoms with Gasteiger partial charge in [-0.1, -0.05) is 26.8 Å². The molecule has 1 atom stereocenters. The molecule has 0 aromatic carbocycles. The summed E-state index contributed by atoms with van der Waals surface area (Å²) in [5.74, 6) is 0. The largest absolute Gasteiger partial charge is 0.473 e. The number of hydrogen-bond donors (Lipinski definition) is 0. The van der Waals surface area contributed by atoms with Gasteiger partial charge in [0.25, 0.3) is 0 Å². The molecule has 0 N–H and O–H groups in total. The second-order valence-electron chi connectivity index (χ2n) is 2.39. The maximum Gasteiger partial charge on any atom is 0.198 e. The van der Waals surface area contributed by atoms with E-state index in [4.69, 9.17) is 9.47 Å². The summed E-state index contributed by atoms with van der Waals surface area (Å²) in [6.45, 7) is 8.44. The Balaban J connectivity index is 3.41. The van der Waals surface area contributed by atoms with Gasteiger partial charge in [-0.05, 0) is 6.42 Å². The molecular weight excluding hydrogens is 140 g/mol. The van der Waals surface area contributed by atoms with E-state index in [-0.39, 0.29) is 6.29 Å². The molecule has 0 fully saturated rings. The molecule has 0 aliphatic rings. The summed E-state index contributed by atoms with van der Waals surface area (Å²) in [4.78, 5) is 0. The SMILES string of the molecule is C=COC(CCC)OCCC. The summed E-state index contributed by atoms with van der Waals surface area (Å²) in [5.41, 5.74) is 0. The monoisotopic (exact) mass is 158 g/mol. The third-order valence-corrected chi connectivity index (χ3v) is 1.28. The van der Waals surface area contributed by atoms with Crippen molar-refractivity contribution >= 4 is 0 Å². The van der Waals surface area contributed by atoms with Crippen molar-refractivity contribution in [2.24, 2.45) is 0 Å². The quantitative estimate of drug-likeness (QED) is 0.419. The molecule has 1 unspecified atom stereocenters. The Morgan fingerprint density at radius 2 is 2.09 bits per heavy atom. The van der Waals surface area contributed by atoms with Gasteiger partial charge in [0.15, 0.2) is 6.29 Å². The smallest absolute Gasteiger partial charge is 0.198 e. The maximum atomic E-state index is 5.38. The highest BCUT2D eigenvalue weighted by molar-refractivity contribution is 4.53. The Bertz CT molecular complexity index is 91.6. The van der Waals surface area contributed by atoms with Crippen molar-refractivity contribution in [3.05, 3.63) is 12.8 Å². The zero-order valence-electron chi connectivity index (χ0n) is 7.51. The first-order valence-electron chi connectivity index (χ1n) is 4.23. The lowest BCUT2D eigenvalue weighted by Gasteiger charge is -2.15. The van der Waals surface area contributed by atoms with Crippen LogP contribution in [0.1, 0.15) is 33.1 Å². The van der Waals surface area contributed by atoms with E-state index in [9.17, 15) is 0 Å². The molecule has 0 aliphatic heterocycles. The minimum absolute atomic E-state index is 0.0857. The van der Waals surface area contributed by atoms with Gasteiger partial charge in [-0.25, -0.2) is 0 Å². The lowest BCUT2D eigenvalue weighted by Crippen LogP contribution is -2.14. The van der Waals surface area contributed by atoms with Crippen molar-refractivity contribution in [1.29, 1.82) is 0 Å². The van der Waals surface area contributed by atoms with Crippen LogP contribution >= 0.6 is 0 Å². The first-order chi connectivity index (χ1) is 5.35. The predicted octanol–water partition coefficient (Wildman–Crippen LogP) is 2.70. The third kappa shape index (κ3) is 5.92. The summed E-state index contributed by atoms with van der Waals surface area (Å²) >= 11 is 0. The molecule has 0 saturated heterocycles. The average molecular weight is 158 g/mol. The van der Waals surface area contributed by atoms with Gasteiger partial charge in [0.1, 0.15) is 0 Å². The number of hydrogen-bond acceptors (Lipinski definition) is 2. The van der Waals surface area contributed by atoms with Crippen molar-refractivity contribution in [3.63, 3.8) is 0 Å². The predicted molar refractivity (Wildman–Crippen MR) is 46.2 cm³/mol. The first-order valence-corrected chi connectivity index (χ1v) is 4.23. The van der Waals surface area contributed by atoms with Crippen LogP contribution in [0.25, 0.3) is 0 Å². The van der Waals surface area contributed by atoms with E-state index in [1.807, 2.05) is 0 Å². The summed E-state index contributed by atoms with van der Waals surface area (Å²) in [6.07, 6.45) is 4.39. The van der Waals surface area contributed by atoms with Crippen molar-refractivity contribution in [2.75, 3.05) is 6.61 Å². The molecule has 0 radical (unpaired) electrons. The average Bonchev–Trinajstić information content (AvgIpc) is 2.01. The summed E-state index contributed by atoms with van der Waals surface area (Å²) in [6, 6.07) is 0. The van der Waals surface area contributed by atoms with E-state index in [2.05, 4.69) is 20.4 Å². The van der Waals surface area contributed by atoms with Gasteiger partial charge < -0.3 is 9.47 Å². The Morgan fingerprint density at radius 1 is 1.36 bits per heavy atom. The Kier molecular flexibility index (Phi) is 7.26. The first kappa shape index (κ1) is 10.5. The minimum Gasteiger partial charge on any atom is -0.473 e. The van der Waals surface area contributed by atoms with Gasteiger partial charge in [-0.15, -0.1) is 0 Å². The molecule has 0 bridgehead atoms. The van der Waals surface area contributed by atoms with Gasteiger partial charge in [0.2, 0.25) is 0 Å². The molecule has 0 aromatic rings. The molecule has 2 heteroatoms. The fourth-order valence-electron chi connectivity index (χ4n) is 0.783. The van der Waals surface area contributed by atoms with Crippen LogP contribution in [0.5, 0.6) is 0 Å². The van der Waals surface area contributed by atoms with Crippen LogP contribution in [-0.2, 0) is 9.47 Å². The number of ether oxygens (including phenoxy) is 2. The van der Waals surface area contributed by atoms with Crippen molar-refractivity contribution < 1.29 is 9.47 Å². The van der Waals surface area contributed by atoms with Crippen LogP contribution in [0.4, 0.5) is 0 Å². The maximum absolute atomic E-state index is 5.38. The van der Waals surface area contributed by atoms with Gasteiger partial charge >= 0.3 is 0 Å². The van der Waals surface area contributed by atoms with E-state index >= 15 is 0 Å². The summed E-state index contributed by atoms with van der Waals surface area (Å²) in [5, 5.41) is 0. The van der Waals surface area contributed by atoms with Crippen LogP contribution in [0, 0.1) is 0 Å². The van der Waals surface area contributed by atoms with Crippen LogP contribution < -0.4 is 0 Å². The summed E-state index contributed by atoms with van der Waals surface area (Å²) in [7, 11) is 0. The molecule has 11 heavy (non-hydrogen) atoms. The fourth-order valence-corrected chi connectivity index (χ4v) is 0.783. The molecule has 0 amide bonds. The summed E-state index contributed by atoms with van der Waals surface area (Å²) < 4.78 is 10.5. The molecule has 0 saturated carbocycles. The highest BCUT2D eigenvalue weighted by atomic mass is 16.7. The normalized spacial score (nSPS) is 12.5. The zero-order chi connectivity index (χ0) is 8.53. The molecule has 2 nitrogen and oxygen atoms in total. The van der Waals surface area contributed by atoms with Crippen LogP contribution in [0.15, 0.2) is 12.8 Å². The third-order valence-electron chi connectivity index (χ3n) is 1.28. The second kappa shape index (κ2) is 7.61. The van der Waals surface area contributed by atoms with Crippen molar-refractivity contribution in [3.8, 4) is 0 Å². The van der Waals surface area contributed by atoms with E-state index in [0.29, 0.717) is 0 Å². The van der Waals surface area contributed by atoms with Crippen molar-refractivity contribution in [2.45, 2.75) is 39.4 Å². The highest BCUT2D eigenvalue weighted by Crippen LogP contribution is 2.04. The van der Waals surface area contributed by atoms with E-state index in [1.54, 1.807) is 0 Å². The second-order valence-corrected chi connectivity index (χ2v) is 2.39. The lowest BCUT2D eigenvalue weighted by atomic mass is 10.3. The molecular formula is C9H18O2. The van der Waals surface area contributed by atoms with Crippen molar-refractivity contribution in [1.82, 2.24) is 0 Å². The van der Waals surface area contributed by atoms with Gasteiger partial charge in [0, 0.05) is 6.42 Å². The Hall–Kier alpha value is -0.500.